The van der Waals surface area contributed by atoms with Crippen LogP contribution in [0.4, 0.5) is 0 Å². The molecule has 3 aromatic rings. The Labute approximate surface area is 100 Å². The fraction of sp³-hybridized carbons (Fsp3) is 0.0833. The highest BCUT2D eigenvalue weighted by Crippen LogP contribution is 2.39. The number of aromatic nitrogens is 1. The van der Waals surface area contributed by atoms with E-state index in [1.807, 2.05) is 6.07 Å². The molecule has 4 nitrogen and oxygen atoms in total. The number of phenols is 1. The number of aromatic carboxylic acids is 1. The van der Waals surface area contributed by atoms with Crippen LogP contribution in [0.3, 0.4) is 0 Å². The topological polar surface area (TPSA) is 62.5 Å². The number of aromatic hydroxyl groups is 1. The zero-order chi connectivity index (χ0) is 12.2. The van der Waals surface area contributed by atoms with Gasteiger partial charge in [-0.05, 0) is 12.1 Å². The first-order chi connectivity index (χ1) is 8.09. The first-order valence-corrected chi connectivity index (χ1v) is 5.84. The monoisotopic (exact) mass is 247 g/mol. The van der Waals surface area contributed by atoms with E-state index < -0.39 is 5.97 Å². The first-order valence-electron chi connectivity index (χ1n) is 5.03. The summed E-state index contributed by atoms with van der Waals surface area (Å²) in [7, 11) is 1.72. The lowest BCUT2D eigenvalue weighted by atomic mass is 10.2. The van der Waals surface area contributed by atoms with Crippen LogP contribution in [0, 0.1) is 0 Å². The molecular formula is C12H9NO3S. The van der Waals surface area contributed by atoms with Gasteiger partial charge in [-0.15, -0.1) is 11.3 Å². The summed E-state index contributed by atoms with van der Waals surface area (Å²) < 4.78 is 3.32. The van der Waals surface area contributed by atoms with Gasteiger partial charge in [-0.1, -0.05) is 12.1 Å². The minimum absolute atomic E-state index is 0.237. The van der Waals surface area contributed by atoms with Gasteiger partial charge in [-0.25, -0.2) is 4.79 Å². The van der Waals surface area contributed by atoms with E-state index in [9.17, 15) is 9.90 Å². The Morgan fingerprint density at radius 1 is 1.41 bits per heavy atom. The Bertz CT molecular complexity index is 754. The Morgan fingerprint density at radius 2 is 2.18 bits per heavy atom. The molecule has 0 spiro atoms. The minimum Gasteiger partial charge on any atom is -0.506 e. The van der Waals surface area contributed by atoms with Gasteiger partial charge in [-0.2, -0.15) is 0 Å². The van der Waals surface area contributed by atoms with Gasteiger partial charge >= 0.3 is 5.97 Å². The number of carbonyl (C=O) groups is 1. The summed E-state index contributed by atoms with van der Waals surface area (Å²) in [5.74, 6) is -0.704. The zero-order valence-corrected chi connectivity index (χ0v) is 9.78. The third-order valence-electron chi connectivity index (χ3n) is 2.88. The van der Waals surface area contributed by atoms with Crippen molar-refractivity contribution in [1.82, 2.24) is 4.57 Å². The summed E-state index contributed by atoms with van der Waals surface area (Å²) in [6.45, 7) is 0. The van der Waals surface area contributed by atoms with Gasteiger partial charge in [0.25, 0.3) is 0 Å². The van der Waals surface area contributed by atoms with Crippen molar-refractivity contribution in [3.63, 3.8) is 0 Å². The maximum atomic E-state index is 11.0. The van der Waals surface area contributed by atoms with E-state index in [-0.39, 0.29) is 11.4 Å². The number of phenolic OH excluding ortho intramolecular Hbond substituents is 1. The fourth-order valence-corrected chi connectivity index (χ4v) is 3.28. The van der Waals surface area contributed by atoms with Crippen molar-refractivity contribution in [2.75, 3.05) is 0 Å². The molecule has 3 rings (SSSR count). The van der Waals surface area contributed by atoms with E-state index in [1.54, 1.807) is 29.8 Å². The normalized spacial score (nSPS) is 11.4. The lowest BCUT2D eigenvalue weighted by molar-refractivity contribution is 0.0687. The summed E-state index contributed by atoms with van der Waals surface area (Å²) in [6.07, 6.45) is 0. The van der Waals surface area contributed by atoms with E-state index in [0.29, 0.717) is 0 Å². The van der Waals surface area contributed by atoms with Gasteiger partial charge in [0, 0.05) is 12.4 Å². The van der Waals surface area contributed by atoms with Crippen molar-refractivity contribution in [2.24, 2.45) is 7.05 Å². The molecule has 0 amide bonds. The van der Waals surface area contributed by atoms with E-state index in [0.717, 1.165) is 20.3 Å². The maximum absolute atomic E-state index is 11.0. The third kappa shape index (κ3) is 1.26. The number of rotatable bonds is 1. The highest BCUT2D eigenvalue weighted by Gasteiger charge is 2.17. The van der Waals surface area contributed by atoms with Crippen LogP contribution in [0.2, 0.25) is 0 Å². The minimum atomic E-state index is -0.941. The van der Waals surface area contributed by atoms with Crippen LogP contribution in [0.5, 0.6) is 5.75 Å². The Morgan fingerprint density at radius 3 is 2.88 bits per heavy atom. The second-order valence-corrected chi connectivity index (χ2v) is 4.91. The summed E-state index contributed by atoms with van der Waals surface area (Å²) in [4.78, 5) is 11.0. The smallest absolute Gasteiger partial charge is 0.352 e. The number of carboxylic acid groups (broad SMARTS) is 1. The fourth-order valence-electron chi connectivity index (χ4n) is 2.10. The summed E-state index contributed by atoms with van der Waals surface area (Å²) in [6, 6.07) is 6.92. The highest BCUT2D eigenvalue weighted by molar-refractivity contribution is 7.26. The number of carboxylic acids is 1. The van der Waals surface area contributed by atoms with Crippen LogP contribution in [0.15, 0.2) is 24.3 Å². The largest absolute Gasteiger partial charge is 0.506 e. The number of nitrogens with zero attached hydrogens (tertiary/aromatic N) is 1. The van der Waals surface area contributed by atoms with Crippen LogP contribution in [0.1, 0.15) is 10.5 Å². The van der Waals surface area contributed by atoms with Crippen LogP contribution < -0.4 is 0 Å². The van der Waals surface area contributed by atoms with Crippen molar-refractivity contribution in [3.05, 3.63) is 30.0 Å². The predicted octanol–water partition coefficient (Wildman–Crippen LogP) is 2.80. The van der Waals surface area contributed by atoms with Gasteiger partial charge in [0.2, 0.25) is 0 Å². The molecule has 0 fully saturated rings. The van der Waals surface area contributed by atoms with Gasteiger partial charge < -0.3 is 14.8 Å². The number of hydrogen-bond donors (Lipinski definition) is 2. The lowest BCUT2D eigenvalue weighted by Gasteiger charge is -1.99. The number of hydrogen-bond acceptors (Lipinski definition) is 3. The molecule has 2 heterocycles. The molecular weight excluding hydrogens is 238 g/mol. The number of thiophene rings is 1. The van der Waals surface area contributed by atoms with Crippen molar-refractivity contribution >= 4 is 37.6 Å². The molecule has 2 aromatic heterocycles. The van der Waals surface area contributed by atoms with Crippen molar-refractivity contribution < 1.29 is 15.0 Å². The maximum Gasteiger partial charge on any atom is 0.352 e. The first kappa shape index (κ1) is 10.2. The number of fused-ring (bicyclic) bond motifs is 3. The molecule has 0 radical (unpaired) electrons. The van der Waals surface area contributed by atoms with Gasteiger partial charge in [0.1, 0.15) is 11.4 Å². The Kier molecular flexibility index (Phi) is 1.94. The van der Waals surface area contributed by atoms with Gasteiger partial charge in [0.15, 0.2) is 0 Å². The summed E-state index contributed by atoms with van der Waals surface area (Å²) in [5.41, 5.74) is 1.12. The molecule has 0 atom stereocenters. The molecule has 0 saturated heterocycles. The predicted molar refractivity (Wildman–Crippen MR) is 66.9 cm³/mol. The molecule has 0 bridgehead atoms. The Balaban J connectivity index is 2.50. The van der Waals surface area contributed by atoms with E-state index in [4.69, 9.17) is 5.11 Å². The number of benzene rings is 1. The van der Waals surface area contributed by atoms with Crippen molar-refractivity contribution in [3.8, 4) is 5.75 Å². The summed E-state index contributed by atoms with van der Waals surface area (Å²) in [5, 5.41) is 19.7. The van der Waals surface area contributed by atoms with Crippen molar-refractivity contribution in [1.29, 1.82) is 0 Å². The summed E-state index contributed by atoms with van der Waals surface area (Å²) >= 11 is 1.41. The molecule has 86 valence electrons. The molecule has 1 aromatic carbocycles. The number of aryl methyl sites for hydroxylation is 1. The molecule has 5 heteroatoms. The standard InChI is InChI=1S/C12H9NO3S/c1-13-7(12(15)16)5-9-10(13)6-3-2-4-8(14)11(6)17-9/h2-5,14H,1H3,(H,15,16). The second-order valence-electron chi connectivity index (χ2n) is 3.86. The van der Waals surface area contributed by atoms with E-state index in [1.165, 1.54) is 11.3 Å². The molecule has 0 aliphatic heterocycles. The van der Waals surface area contributed by atoms with Crippen LogP contribution >= 0.6 is 11.3 Å². The van der Waals surface area contributed by atoms with Gasteiger partial charge in [-0.3, -0.25) is 0 Å². The molecule has 2 N–H and O–H groups in total. The third-order valence-corrected chi connectivity index (χ3v) is 4.04. The zero-order valence-electron chi connectivity index (χ0n) is 8.97. The molecule has 0 unspecified atom stereocenters. The average Bonchev–Trinajstić information content (AvgIpc) is 2.78. The van der Waals surface area contributed by atoms with Gasteiger partial charge in [0.05, 0.1) is 14.9 Å². The van der Waals surface area contributed by atoms with E-state index >= 15 is 0 Å². The van der Waals surface area contributed by atoms with Crippen LogP contribution in [0.25, 0.3) is 20.3 Å². The van der Waals surface area contributed by atoms with Crippen molar-refractivity contribution in [2.45, 2.75) is 0 Å². The molecule has 17 heavy (non-hydrogen) atoms. The SMILES string of the molecule is Cn1c(C(=O)O)cc2sc3c(O)cccc3c21. The van der Waals surface area contributed by atoms with Crippen LogP contribution in [-0.2, 0) is 7.05 Å². The highest BCUT2D eigenvalue weighted by atomic mass is 32.1. The Hall–Kier alpha value is -2.01. The lowest BCUT2D eigenvalue weighted by Crippen LogP contribution is -2.03. The van der Waals surface area contributed by atoms with E-state index in [2.05, 4.69) is 0 Å². The molecule has 0 aliphatic carbocycles. The molecule has 0 saturated carbocycles. The molecule has 0 aliphatic rings. The van der Waals surface area contributed by atoms with Crippen LogP contribution in [-0.4, -0.2) is 20.7 Å². The average molecular weight is 247 g/mol. The quantitative estimate of drug-likeness (QED) is 0.695. The second kappa shape index (κ2) is 3.24.